The van der Waals surface area contributed by atoms with Crippen LogP contribution in [0.2, 0.25) is 0 Å². The van der Waals surface area contributed by atoms with Gasteiger partial charge in [-0.25, -0.2) is 0 Å². The van der Waals surface area contributed by atoms with Gasteiger partial charge in [0.25, 0.3) is 0 Å². The van der Waals surface area contributed by atoms with E-state index >= 15 is 0 Å². The standard InChI is InChI=1S/C11H20N2O2/c14-8-7-13(10-3-4-10)9-11(15)12-5-1-2-6-12/h10,14H,1-9H2. The Labute approximate surface area is 90.9 Å². The lowest BCUT2D eigenvalue weighted by atomic mass is 10.4. The Balaban J connectivity index is 1.79. The molecular weight excluding hydrogens is 192 g/mol. The van der Waals surface area contributed by atoms with E-state index in [0.29, 0.717) is 19.1 Å². The molecule has 1 amide bonds. The topological polar surface area (TPSA) is 43.8 Å². The van der Waals surface area contributed by atoms with Gasteiger partial charge in [-0.2, -0.15) is 0 Å². The molecule has 1 heterocycles. The van der Waals surface area contributed by atoms with Gasteiger partial charge in [0.1, 0.15) is 0 Å². The van der Waals surface area contributed by atoms with Crippen LogP contribution in [0.3, 0.4) is 0 Å². The number of carbonyl (C=O) groups excluding carboxylic acids is 1. The molecule has 0 atom stereocenters. The van der Waals surface area contributed by atoms with Gasteiger partial charge in [-0.1, -0.05) is 0 Å². The van der Waals surface area contributed by atoms with Crippen molar-refractivity contribution in [1.82, 2.24) is 9.80 Å². The molecule has 1 saturated carbocycles. The van der Waals surface area contributed by atoms with Crippen LogP contribution in [0.15, 0.2) is 0 Å². The SMILES string of the molecule is O=C(CN(CCO)C1CC1)N1CCCC1. The Morgan fingerprint density at radius 2 is 2.00 bits per heavy atom. The number of hydrogen-bond acceptors (Lipinski definition) is 3. The first-order chi connectivity index (χ1) is 7.31. The molecule has 4 nitrogen and oxygen atoms in total. The van der Waals surface area contributed by atoms with Crippen molar-refractivity contribution in [2.75, 3.05) is 32.8 Å². The molecule has 2 fully saturated rings. The quantitative estimate of drug-likeness (QED) is 0.701. The molecule has 0 aromatic carbocycles. The van der Waals surface area contributed by atoms with E-state index in [9.17, 15) is 4.79 Å². The van der Waals surface area contributed by atoms with Crippen LogP contribution in [-0.4, -0.2) is 59.6 Å². The fourth-order valence-corrected chi connectivity index (χ4v) is 2.20. The lowest BCUT2D eigenvalue weighted by molar-refractivity contribution is -0.131. The predicted molar refractivity (Wildman–Crippen MR) is 57.5 cm³/mol. The maximum atomic E-state index is 11.9. The highest BCUT2D eigenvalue weighted by atomic mass is 16.3. The monoisotopic (exact) mass is 212 g/mol. The van der Waals surface area contributed by atoms with Crippen LogP contribution in [0, 0.1) is 0 Å². The van der Waals surface area contributed by atoms with Crippen molar-refractivity contribution in [3.05, 3.63) is 0 Å². The Bertz CT molecular complexity index is 223. The lowest BCUT2D eigenvalue weighted by Gasteiger charge is -2.23. The van der Waals surface area contributed by atoms with Crippen LogP contribution in [0.5, 0.6) is 0 Å². The molecule has 0 radical (unpaired) electrons. The van der Waals surface area contributed by atoms with Gasteiger partial charge in [0.2, 0.25) is 5.91 Å². The molecule has 0 spiro atoms. The summed E-state index contributed by atoms with van der Waals surface area (Å²) in [6, 6.07) is 0.559. The maximum absolute atomic E-state index is 11.9. The van der Waals surface area contributed by atoms with Gasteiger partial charge in [0, 0.05) is 25.7 Å². The minimum atomic E-state index is 0.157. The van der Waals surface area contributed by atoms with Crippen molar-refractivity contribution < 1.29 is 9.90 Å². The number of aliphatic hydroxyl groups is 1. The lowest BCUT2D eigenvalue weighted by Crippen LogP contribution is -2.41. The smallest absolute Gasteiger partial charge is 0.236 e. The summed E-state index contributed by atoms with van der Waals surface area (Å²) in [7, 11) is 0. The highest BCUT2D eigenvalue weighted by molar-refractivity contribution is 5.78. The Morgan fingerprint density at radius 1 is 1.33 bits per heavy atom. The summed E-state index contributed by atoms with van der Waals surface area (Å²) in [5.41, 5.74) is 0. The van der Waals surface area contributed by atoms with Crippen LogP contribution in [0.4, 0.5) is 0 Å². The molecule has 2 rings (SSSR count). The summed E-state index contributed by atoms with van der Waals surface area (Å²) in [6.45, 7) is 3.16. The Morgan fingerprint density at radius 3 is 2.53 bits per heavy atom. The van der Waals surface area contributed by atoms with Crippen molar-refractivity contribution in [2.24, 2.45) is 0 Å². The number of amides is 1. The van der Waals surface area contributed by atoms with Crippen molar-refractivity contribution in [1.29, 1.82) is 0 Å². The number of hydrogen-bond donors (Lipinski definition) is 1. The third-order valence-electron chi connectivity index (χ3n) is 3.25. The maximum Gasteiger partial charge on any atom is 0.236 e. The molecule has 1 saturated heterocycles. The Kier molecular flexibility index (Phi) is 3.59. The molecule has 0 bridgehead atoms. The molecule has 0 unspecified atom stereocenters. The molecule has 1 aliphatic carbocycles. The summed E-state index contributed by atoms with van der Waals surface area (Å²) in [5, 5.41) is 8.92. The molecule has 0 aromatic rings. The fourth-order valence-electron chi connectivity index (χ4n) is 2.20. The van der Waals surface area contributed by atoms with Crippen molar-refractivity contribution >= 4 is 5.91 Å². The fraction of sp³-hybridized carbons (Fsp3) is 0.909. The number of aliphatic hydroxyl groups excluding tert-OH is 1. The zero-order valence-electron chi connectivity index (χ0n) is 9.19. The highest BCUT2D eigenvalue weighted by Gasteiger charge is 2.31. The van der Waals surface area contributed by atoms with Gasteiger partial charge in [-0.15, -0.1) is 0 Å². The third-order valence-corrected chi connectivity index (χ3v) is 3.25. The van der Waals surface area contributed by atoms with Gasteiger partial charge in [-0.3, -0.25) is 9.69 Å². The minimum absolute atomic E-state index is 0.157. The number of rotatable bonds is 5. The average Bonchev–Trinajstić information content (AvgIpc) is 2.92. The van der Waals surface area contributed by atoms with Crippen LogP contribution in [-0.2, 0) is 4.79 Å². The van der Waals surface area contributed by atoms with Gasteiger partial charge in [-0.05, 0) is 25.7 Å². The average molecular weight is 212 g/mol. The minimum Gasteiger partial charge on any atom is -0.395 e. The molecule has 86 valence electrons. The highest BCUT2D eigenvalue weighted by Crippen LogP contribution is 2.26. The van der Waals surface area contributed by atoms with E-state index in [-0.39, 0.29) is 12.5 Å². The normalized spacial score (nSPS) is 21.3. The summed E-state index contributed by atoms with van der Waals surface area (Å²) in [5.74, 6) is 0.243. The number of carbonyl (C=O) groups is 1. The molecule has 2 aliphatic rings. The second kappa shape index (κ2) is 4.94. The summed E-state index contributed by atoms with van der Waals surface area (Å²) in [4.78, 5) is 15.9. The van der Waals surface area contributed by atoms with E-state index in [0.717, 1.165) is 25.9 Å². The number of nitrogens with zero attached hydrogens (tertiary/aromatic N) is 2. The first-order valence-electron chi connectivity index (χ1n) is 5.94. The largest absolute Gasteiger partial charge is 0.395 e. The van der Waals surface area contributed by atoms with Crippen molar-refractivity contribution in [3.63, 3.8) is 0 Å². The molecule has 4 heteroatoms. The molecule has 15 heavy (non-hydrogen) atoms. The van der Waals surface area contributed by atoms with E-state index in [2.05, 4.69) is 4.90 Å². The van der Waals surface area contributed by atoms with Crippen LogP contribution < -0.4 is 0 Å². The van der Waals surface area contributed by atoms with Crippen molar-refractivity contribution in [2.45, 2.75) is 31.7 Å². The predicted octanol–water partition coefficient (Wildman–Crippen LogP) is 0.0655. The molecule has 0 aromatic heterocycles. The zero-order valence-corrected chi connectivity index (χ0v) is 9.19. The summed E-state index contributed by atoms with van der Waals surface area (Å²) in [6.07, 6.45) is 4.67. The van der Waals surface area contributed by atoms with E-state index in [1.54, 1.807) is 0 Å². The van der Waals surface area contributed by atoms with Crippen LogP contribution in [0.1, 0.15) is 25.7 Å². The van der Waals surface area contributed by atoms with Crippen LogP contribution in [0.25, 0.3) is 0 Å². The van der Waals surface area contributed by atoms with Gasteiger partial charge in [0.15, 0.2) is 0 Å². The van der Waals surface area contributed by atoms with Gasteiger partial charge < -0.3 is 10.0 Å². The van der Waals surface area contributed by atoms with E-state index < -0.39 is 0 Å². The van der Waals surface area contributed by atoms with Gasteiger partial charge >= 0.3 is 0 Å². The molecule has 1 aliphatic heterocycles. The number of likely N-dealkylation sites (tertiary alicyclic amines) is 1. The molecule has 1 N–H and O–H groups in total. The van der Waals surface area contributed by atoms with Crippen molar-refractivity contribution in [3.8, 4) is 0 Å². The first-order valence-corrected chi connectivity index (χ1v) is 5.94. The molecular formula is C11H20N2O2. The first kappa shape index (κ1) is 10.9. The van der Waals surface area contributed by atoms with E-state index in [4.69, 9.17) is 5.11 Å². The van der Waals surface area contributed by atoms with Gasteiger partial charge in [0.05, 0.1) is 13.2 Å². The van der Waals surface area contributed by atoms with E-state index in [1.165, 1.54) is 12.8 Å². The summed E-state index contributed by atoms with van der Waals surface area (Å²) >= 11 is 0. The summed E-state index contributed by atoms with van der Waals surface area (Å²) < 4.78 is 0. The second-order valence-electron chi connectivity index (χ2n) is 4.51. The van der Waals surface area contributed by atoms with Crippen LogP contribution >= 0.6 is 0 Å². The second-order valence-corrected chi connectivity index (χ2v) is 4.51. The Hall–Kier alpha value is -0.610. The third kappa shape index (κ3) is 2.92. The van der Waals surface area contributed by atoms with E-state index in [1.807, 2.05) is 4.90 Å². The zero-order chi connectivity index (χ0) is 10.7.